The molecule has 1 amide bonds. The van der Waals surface area contributed by atoms with Crippen molar-refractivity contribution in [3.05, 3.63) is 47.2 Å². The van der Waals surface area contributed by atoms with Crippen molar-refractivity contribution in [1.82, 2.24) is 15.0 Å². The van der Waals surface area contributed by atoms with Crippen LogP contribution in [-0.4, -0.2) is 52.1 Å². The van der Waals surface area contributed by atoms with Gasteiger partial charge in [-0.15, -0.1) is 0 Å². The maximum atomic E-state index is 12.7. The zero-order chi connectivity index (χ0) is 23.4. The second-order valence-electron chi connectivity index (χ2n) is 7.38. The van der Waals surface area contributed by atoms with Crippen LogP contribution in [0.2, 0.25) is 0 Å². The number of nitrogens with zero attached hydrogens (tertiary/aromatic N) is 5. The van der Waals surface area contributed by atoms with Gasteiger partial charge in [0.25, 0.3) is 5.91 Å². The summed E-state index contributed by atoms with van der Waals surface area (Å²) in [6, 6.07) is 7.22. The molecule has 1 saturated heterocycles. The largest absolute Gasteiger partial charge is 0.495 e. The lowest BCUT2D eigenvalue weighted by Gasteiger charge is -2.30. The number of nitriles is 1. The molecule has 0 saturated carbocycles. The number of piperidine rings is 1. The van der Waals surface area contributed by atoms with Crippen LogP contribution in [0.25, 0.3) is 11.3 Å². The van der Waals surface area contributed by atoms with Crippen LogP contribution >= 0.6 is 11.3 Å². The Morgan fingerprint density at radius 2 is 2.06 bits per heavy atom. The van der Waals surface area contributed by atoms with Crippen LogP contribution in [-0.2, 0) is 4.79 Å². The Morgan fingerprint density at radius 1 is 1.27 bits per heavy atom. The van der Waals surface area contributed by atoms with Gasteiger partial charge in [-0.05, 0) is 31.0 Å². The lowest BCUT2D eigenvalue weighted by atomic mass is 9.97. The number of aromatic nitrogens is 3. The maximum Gasteiger partial charge on any atom is 0.306 e. The van der Waals surface area contributed by atoms with Crippen molar-refractivity contribution in [2.24, 2.45) is 5.92 Å². The highest BCUT2D eigenvalue weighted by Gasteiger charge is 2.25. The van der Waals surface area contributed by atoms with E-state index in [-0.39, 0.29) is 11.0 Å². The maximum absolute atomic E-state index is 12.7. The molecule has 0 aliphatic carbocycles. The van der Waals surface area contributed by atoms with E-state index in [9.17, 15) is 14.9 Å². The molecule has 33 heavy (non-hydrogen) atoms. The Hall–Kier alpha value is -4.04. The molecule has 0 radical (unpaired) electrons. The minimum atomic E-state index is -0.762. The van der Waals surface area contributed by atoms with Crippen molar-refractivity contribution in [2.45, 2.75) is 12.8 Å². The van der Waals surface area contributed by atoms with E-state index in [0.29, 0.717) is 59.2 Å². The smallest absolute Gasteiger partial charge is 0.306 e. The first-order chi connectivity index (χ1) is 16.0. The molecule has 2 N–H and O–H groups in total. The molecule has 1 fully saturated rings. The number of amides is 1. The fourth-order valence-corrected chi connectivity index (χ4v) is 4.32. The number of carbonyl (C=O) groups is 2. The minimum Gasteiger partial charge on any atom is -0.495 e. The van der Waals surface area contributed by atoms with Crippen LogP contribution in [0.4, 0.5) is 10.9 Å². The fourth-order valence-electron chi connectivity index (χ4n) is 3.54. The van der Waals surface area contributed by atoms with E-state index >= 15 is 0 Å². The molecular weight excluding hydrogens is 444 g/mol. The van der Waals surface area contributed by atoms with Crippen molar-refractivity contribution in [2.75, 3.05) is 30.4 Å². The number of rotatable bonds is 6. The molecule has 0 bridgehead atoms. The Morgan fingerprint density at radius 3 is 2.70 bits per heavy atom. The van der Waals surface area contributed by atoms with Crippen LogP contribution in [0.3, 0.4) is 0 Å². The molecule has 0 aromatic carbocycles. The number of hydrogen-bond donors (Lipinski definition) is 2. The van der Waals surface area contributed by atoms with Gasteiger partial charge in [0.05, 0.1) is 24.8 Å². The normalized spacial score (nSPS) is 13.9. The number of carboxylic acid groups (broad SMARTS) is 1. The molecule has 3 aromatic heterocycles. The Bertz CT molecular complexity index is 1210. The first-order valence-corrected chi connectivity index (χ1v) is 11.0. The van der Waals surface area contributed by atoms with Crippen LogP contribution in [0.5, 0.6) is 5.75 Å². The van der Waals surface area contributed by atoms with E-state index in [1.165, 1.54) is 13.3 Å². The average Bonchev–Trinajstić information content (AvgIpc) is 3.27. The predicted octanol–water partition coefficient (Wildman–Crippen LogP) is 3.03. The molecule has 0 atom stereocenters. The molecule has 1 aliphatic heterocycles. The molecule has 1 aliphatic rings. The minimum absolute atomic E-state index is 0.286. The number of aliphatic carboxylic acids is 1. The summed E-state index contributed by atoms with van der Waals surface area (Å²) in [4.78, 5) is 39.0. The van der Waals surface area contributed by atoms with Gasteiger partial charge >= 0.3 is 5.97 Å². The highest BCUT2D eigenvalue weighted by atomic mass is 32.1. The predicted molar refractivity (Wildman–Crippen MR) is 121 cm³/mol. The molecule has 168 valence electrons. The molecule has 0 unspecified atom stereocenters. The van der Waals surface area contributed by atoms with Gasteiger partial charge in [-0.25, -0.2) is 9.97 Å². The molecule has 11 heteroatoms. The van der Waals surface area contributed by atoms with Gasteiger partial charge < -0.3 is 14.7 Å². The third-order valence-corrected chi connectivity index (χ3v) is 6.23. The van der Waals surface area contributed by atoms with Crippen molar-refractivity contribution in [3.8, 4) is 23.1 Å². The number of carbonyl (C=O) groups excluding carboxylic acids is 1. The fraction of sp³-hybridized carbons (Fsp3) is 0.273. The topological polar surface area (TPSA) is 141 Å². The molecule has 0 spiro atoms. The third kappa shape index (κ3) is 4.91. The van der Waals surface area contributed by atoms with Crippen molar-refractivity contribution in [3.63, 3.8) is 0 Å². The van der Waals surface area contributed by atoms with Gasteiger partial charge in [-0.3, -0.25) is 19.9 Å². The van der Waals surface area contributed by atoms with E-state index in [4.69, 9.17) is 9.84 Å². The van der Waals surface area contributed by atoms with E-state index in [0.717, 1.165) is 11.3 Å². The van der Waals surface area contributed by atoms with E-state index in [1.807, 2.05) is 4.90 Å². The average molecular weight is 465 g/mol. The van der Waals surface area contributed by atoms with Crippen molar-refractivity contribution >= 4 is 34.2 Å². The molecule has 4 rings (SSSR count). The standard InChI is InChI=1S/C22H20N6O4S/c1-32-16-8-15(10-24-12-16)19-17(9-23)33-22(26-19)27-20(29)14-2-3-18(25-11-14)28-6-4-13(5-7-28)21(30)31/h2-3,8,10-13H,4-7H2,1H3,(H,30,31)(H,26,27,29). The monoisotopic (exact) mass is 464 g/mol. The highest BCUT2D eigenvalue weighted by Crippen LogP contribution is 2.32. The Kier molecular flexibility index (Phi) is 6.46. The summed E-state index contributed by atoms with van der Waals surface area (Å²) in [5, 5.41) is 21.6. The number of thiazole rings is 1. The van der Waals surface area contributed by atoms with Gasteiger partial charge in [0.15, 0.2) is 5.13 Å². The van der Waals surface area contributed by atoms with E-state index < -0.39 is 11.9 Å². The first-order valence-electron chi connectivity index (χ1n) is 10.1. The molecule has 4 heterocycles. The van der Waals surface area contributed by atoms with Gasteiger partial charge in [-0.2, -0.15) is 5.26 Å². The van der Waals surface area contributed by atoms with E-state index in [1.54, 1.807) is 30.6 Å². The summed E-state index contributed by atoms with van der Waals surface area (Å²) in [6.07, 6.45) is 5.73. The lowest BCUT2D eigenvalue weighted by Crippen LogP contribution is -2.36. The van der Waals surface area contributed by atoms with Gasteiger partial charge in [0.2, 0.25) is 0 Å². The summed E-state index contributed by atoms with van der Waals surface area (Å²) in [5.74, 6) is -0.243. The summed E-state index contributed by atoms with van der Waals surface area (Å²) < 4.78 is 5.17. The van der Waals surface area contributed by atoms with Crippen molar-refractivity contribution < 1.29 is 19.4 Å². The van der Waals surface area contributed by atoms with Crippen LogP contribution < -0.4 is 15.0 Å². The SMILES string of the molecule is COc1cncc(-c2nc(NC(=O)c3ccc(N4CCC(C(=O)O)CC4)nc3)sc2C#N)c1. The highest BCUT2D eigenvalue weighted by molar-refractivity contribution is 7.16. The summed E-state index contributed by atoms with van der Waals surface area (Å²) >= 11 is 1.07. The second-order valence-corrected chi connectivity index (χ2v) is 8.38. The Balaban J connectivity index is 1.45. The number of nitrogens with one attached hydrogen (secondary N) is 1. The van der Waals surface area contributed by atoms with Gasteiger partial charge in [0, 0.05) is 31.0 Å². The number of ether oxygens (including phenoxy) is 1. The number of carboxylic acids is 1. The lowest BCUT2D eigenvalue weighted by molar-refractivity contribution is -0.142. The quantitative estimate of drug-likeness (QED) is 0.563. The molecule has 3 aromatic rings. The summed E-state index contributed by atoms with van der Waals surface area (Å²) in [5.41, 5.74) is 1.38. The van der Waals surface area contributed by atoms with Crippen molar-refractivity contribution in [1.29, 1.82) is 5.26 Å². The molecule has 10 nitrogen and oxygen atoms in total. The zero-order valence-electron chi connectivity index (χ0n) is 17.7. The number of anilines is 2. The Labute approximate surface area is 193 Å². The second kappa shape index (κ2) is 9.62. The number of pyridine rings is 2. The molecular formula is C22H20N6O4S. The van der Waals surface area contributed by atoms with Gasteiger partial charge in [-0.1, -0.05) is 11.3 Å². The van der Waals surface area contributed by atoms with E-state index in [2.05, 4.69) is 26.3 Å². The van der Waals surface area contributed by atoms with Crippen LogP contribution in [0.15, 0.2) is 36.8 Å². The number of methoxy groups -OCH3 is 1. The zero-order valence-corrected chi connectivity index (χ0v) is 18.5. The third-order valence-electron chi connectivity index (χ3n) is 5.35. The van der Waals surface area contributed by atoms with Crippen LogP contribution in [0.1, 0.15) is 28.1 Å². The first kappa shape index (κ1) is 22.2. The van der Waals surface area contributed by atoms with Crippen LogP contribution in [0, 0.1) is 17.2 Å². The summed E-state index contributed by atoms with van der Waals surface area (Å²) in [7, 11) is 1.52. The summed E-state index contributed by atoms with van der Waals surface area (Å²) in [6.45, 7) is 1.21. The van der Waals surface area contributed by atoms with Gasteiger partial charge in [0.1, 0.15) is 28.2 Å². The number of hydrogen-bond acceptors (Lipinski definition) is 9.